The van der Waals surface area contributed by atoms with Crippen LogP contribution in [0.25, 0.3) is 11.4 Å². The lowest BCUT2D eigenvalue weighted by Gasteiger charge is -2.56. The van der Waals surface area contributed by atoms with Crippen molar-refractivity contribution in [2.75, 3.05) is 20.2 Å². The zero-order valence-electron chi connectivity index (χ0n) is 29.1. The lowest BCUT2D eigenvalue weighted by Crippen LogP contribution is -2.54. The second-order valence-electron chi connectivity index (χ2n) is 15.3. The Morgan fingerprint density at radius 3 is 2.35 bits per heavy atom. The van der Waals surface area contributed by atoms with Crippen LogP contribution in [-0.2, 0) is 14.9 Å². The quantitative estimate of drug-likeness (QED) is 0.265. The molecule has 11 nitrogen and oxygen atoms in total. The minimum absolute atomic E-state index is 0.0389. The smallest absolute Gasteiger partial charge is 0.410 e. The maximum atomic E-state index is 14.1. The highest BCUT2D eigenvalue weighted by Gasteiger charge is 2.54. The second kappa shape index (κ2) is 13.4. The summed E-state index contributed by atoms with van der Waals surface area (Å²) >= 11 is 0. The Kier molecular flexibility index (Phi) is 9.15. The maximum absolute atomic E-state index is 14.1. The Bertz CT molecular complexity index is 1650. The van der Waals surface area contributed by atoms with Crippen LogP contribution >= 0.6 is 0 Å². The van der Waals surface area contributed by atoms with E-state index in [2.05, 4.69) is 40.6 Å². The highest BCUT2D eigenvalue weighted by Crippen LogP contribution is 2.62. The van der Waals surface area contributed by atoms with Gasteiger partial charge >= 0.3 is 6.09 Å². The van der Waals surface area contributed by atoms with E-state index in [-0.39, 0.29) is 46.8 Å². The van der Waals surface area contributed by atoms with E-state index in [0.29, 0.717) is 50.5 Å². The minimum atomic E-state index is -0.462. The topological polar surface area (TPSA) is 140 Å². The van der Waals surface area contributed by atoms with E-state index in [1.807, 2.05) is 26.0 Å². The van der Waals surface area contributed by atoms with Gasteiger partial charge in [-0.3, -0.25) is 9.78 Å². The van der Waals surface area contributed by atoms with Crippen LogP contribution in [0, 0.1) is 18.3 Å². The van der Waals surface area contributed by atoms with E-state index in [4.69, 9.17) is 19.0 Å². The van der Waals surface area contributed by atoms with Gasteiger partial charge in [0.15, 0.2) is 0 Å². The number of hydrogen-bond acceptors (Lipinski definition) is 9. The largest absolute Gasteiger partial charge is 0.496 e. The number of amides is 2. The number of aliphatic hydroxyl groups is 1. The van der Waals surface area contributed by atoms with Gasteiger partial charge in [0.1, 0.15) is 11.9 Å². The zero-order valence-corrected chi connectivity index (χ0v) is 29.1. The number of carbonyl (C=O) groups excluding carboxylic acids is 2. The minimum Gasteiger partial charge on any atom is -0.496 e. The first-order chi connectivity index (χ1) is 23.6. The van der Waals surface area contributed by atoms with Gasteiger partial charge < -0.3 is 29.3 Å². The molecule has 1 atom stereocenters. The molecule has 4 aliphatic carbocycles. The van der Waals surface area contributed by atoms with Crippen molar-refractivity contribution in [2.45, 2.75) is 115 Å². The van der Waals surface area contributed by atoms with Gasteiger partial charge in [-0.05, 0) is 111 Å². The fourth-order valence-electron chi connectivity index (χ4n) is 8.69. The van der Waals surface area contributed by atoms with E-state index < -0.39 is 6.10 Å². The maximum Gasteiger partial charge on any atom is 0.410 e. The standard InChI is InChI=1S/C38H49N5O6/c1-23(2)35-41-33(42-49-35)26-11-18-39-30(20-26)32(40-34(45)25-5-8-29(9-6-25)48-36(46)43-21-28(44)22-43)38-15-12-37(13-16-38,14-17-38)27-7-10-31(47-4)24(3)19-27/h7,10-11,18-20,23,25,28-29,32,44H,5-6,8-9,12-17,21-22H2,1-4H3,(H,40,45). The molecule has 1 aliphatic heterocycles. The molecule has 2 bridgehead atoms. The van der Waals surface area contributed by atoms with E-state index in [1.54, 1.807) is 13.3 Å². The van der Waals surface area contributed by atoms with Gasteiger partial charge in [0.2, 0.25) is 17.6 Å². The number of rotatable bonds is 9. The first kappa shape index (κ1) is 33.5. The van der Waals surface area contributed by atoms with Gasteiger partial charge in [0, 0.05) is 23.6 Å². The second-order valence-corrected chi connectivity index (χ2v) is 15.3. The van der Waals surface area contributed by atoms with Crippen molar-refractivity contribution in [3.8, 4) is 17.1 Å². The van der Waals surface area contributed by atoms with Crippen molar-refractivity contribution in [3.63, 3.8) is 0 Å². The summed E-state index contributed by atoms with van der Waals surface area (Å²) in [4.78, 5) is 37.6. The number of fused-ring (bicyclic) bond motifs is 3. The number of nitrogens with one attached hydrogen (secondary N) is 1. The summed E-state index contributed by atoms with van der Waals surface area (Å²) in [5, 5.41) is 17.3. The molecule has 8 rings (SSSR count). The fraction of sp³-hybridized carbons (Fsp3) is 0.605. The van der Waals surface area contributed by atoms with Crippen molar-refractivity contribution in [3.05, 3.63) is 59.2 Å². The number of β-amino-alcohol motifs (C(OH)–C–C–N with tert-alkyl or cyclic N) is 1. The summed E-state index contributed by atoms with van der Waals surface area (Å²) in [7, 11) is 1.72. The van der Waals surface area contributed by atoms with Gasteiger partial charge in [-0.15, -0.1) is 0 Å². The molecule has 2 N–H and O–H groups in total. The van der Waals surface area contributed by atoms with Gasteiger partial charge in [-0.1, -0.05) is 31.1 Å². The molecule has 1 aromatic carbocycles. The molecule has 1 saturated heterocycles. The summed E-state index contributed by atoms with van der Waals surface area (Å²) in [5.41, 5.74) is 4.21. The molecule has 3 aromatic rings. The number of carbonyl (C=O) groups is 2. The van der Waals surface area contributed by atoms with Crippen LogP contribution in [0.15, 0.2) is 41.1 Å². The Labute approximate surface area is 288 Å². The monoisotopic (exact) mass is 671 g/mol. The number of methoxy groups -OCH3 is 1. The van der Waals surface area contributed by atoms with Crippen molar-refractivity contribution in [2.24, 2.45) is 11.3 Å². The summed E-state index contributed by atoms with van der Waals surface area (Å²) in [6.07, 6.45) is 9.46. The number of benzene rings is 1. The molecule has 0 spiro atoms. The van der Waals surface area contributed by atoms with Gasteiger partial charge in [-0.25, -0.2) is 4.79 Å². The van der Waals surface area contributed by atoms with Crippen LogP contribution < -0.4 is 10.1 Å². The van der Waals surface area contributed by atoms with Crippen LogP contribution in [0.1, 0.15) is 113 Å². The van der Waals surface area contributed by atoms with Crippen molar-refractivity contribution >= 4 is 12.0 Å². The van der Waals surface area contributed by atoms with Crippen molar-refractivity contribution < 1.29 is 28.7 Å². The van der Waals surface area contributed by atoms with E-state index >= 15 is 0 Å². The van der Waals surface area contributed by atoms with E-state index in [9.17, 15) is 14.7 Å². The molecular formula is C38H49N5O6. The molecule has 2 amide bonds. The first-order valence-electron chi connectivity index (χ1n) is 18.0. The Hall–Kier alpha value is -3.99. The highest BCUT2D eigenvalue weighted by atomic mass is 16.6. The number of aromatic nitrogens is 3. The molecule has 49 heavy (non-hydrogen) atoms. The molecule has 3 heterocycles. The molecule has 2 aromatic heterocycles. The predicted octanol–water partition coefficient (Wildman–Crippen LogP) is 6.39. The van der Waals surface area contributed by atoms with Crippen molar-refractivity contribution in [1.29, 1.82) is 0 Å². The molecule has 262 valence electrons. The Morgan fingerprint density at radius 1 is 1.02 bits per heavy atom. The molecule has 1 unspecified atom stereocenters. The summed E-state index contributed by atoms with van der Waals surface area (Å²) in [6, 6.07) is 10.3. The summed E-state index contributed by atoms with van der Waals surface area (Å²) in [6.45, 7) is 6.80. The Balaban J connectivity index is 1.10. The number of aliphatic hydroxyl groups excluding tert-OH is 1. The lowest BCUT2D eigenvalue weighted by molar-refractivity contribution is -0.129. The van der Waals surface area contributed by atoms with Crippen LogP contribution in [0.3, 0.4) is 0 Å². The van der Waals surface area contributed by atoms with E-state index in [1.165, 1.54) is 10.5 Å². The molecule has 0 radical (unpaired) electrons. The van der Waals surface area contributed by atoms with Gasteiger partial charge in [0.25, 0.3) is 0 Å². The SMILES string of the molecule is COc1ccc(C23CCC(C(NC(=O)C4CCC(OC(=O)N5CC(O)C5)CC4)c4cc(-c5noc(C(C)C)n5)ccn4)(CC2)CC3)cc1C. The lowest BCUT2D eigenvalue weighted by atomic mass is 9.49. The average molecular weight is 672 g/mol. The first-order valence-corrected chi connectivity index (χ1v) is 18.0. The summed E-state index contributed by atoms with van der Waals surface area (Å²) < 4.78 is 16.8. The Morgan fingerprint density at radius 2 is 1.73 bits per heavy atom. The highest BCUT2D eigenvalue weighted by molar-refractivity contribution is 5.79. The average Bonchev–Trinajstić information content (AvgIpc) is 3.61. The van der Waals surface area contributed by atoms with Crippen LogP contribution in [-0.4, -0.2) is 69.5 Å². The number of nitrogens with zero attached hydrogens (tertiary/aromatic N) is 4. The number of likely N-dealkylation sites (tertiary alicyclic amines) is 1. The van der Waals surface area contributed by atoms with Gasteiger partial charge in [0.05, 0.1) is 38.0 Å². The van der Waals surface area contributed by atoms with Crippen molar-refractivity contribution in [1.82, 2.24) is 25.3 Å². The molecular weight excluding hydrogens is 622 g/mol. The van der Waals surface area contributed by atoms with Crippen LogP contribution in [0.4, 0.5) is 4.79 Å². The van der Waals surface area contributed by atoms with Crippen LogP contribution in [0.2, 0.25) is 0 Å². The third kappa shape index (κ3) is 6.54. The fourth-order valence-corrected chi connectivity index (χ4v) is 8.69. The molecule has 11 heteroatoms. The number of ether oxygens (including phenoxy) is 2. The van der Waals surface area contributed by atoms with Crippen LogP contribution in [0.5, 0.6) is 5.75 Å². The third-order valence-corrected chi connectivity index (χ3v) is 11.9. The molecule has 4 saturated carbocycles. The van der Waals surface area contributed by atoms with Gasteiger partial charge in [-0.2, -0.15) is 4.98 Å². The number of pyridine rings is 1. The number of hydrogen-bond donors (Lipinski definition) is 2. The number of aryl methyl sites for hydroxylation is 1. The molecule has 5 fully saturated rings. The van der Waals surface area contributed by atoms with E-state index in [0.717, 1.165) is 61.1 Å². The summed E-state index contributed by atoms with van der Waals surface area (Å²) in [5.74, 6) is 2.02. The predicted molar refractivity (Wildman–Crippen MR) is 182 cm³/mol. The molecule has 5 aliphatic rings. The third-order valence-electron chi connectivity index (χ3n) is 11.9. The zero-order chi connectivity index (χ0) is 34.3. The normalized spacial score (nSPS) is 27.4.